The van der Waals surface area contributed by atoms with Crippen LogP contribution in [0.1, 0.15) is 37.9 Å². The number of hydrogen-bond donors (Lipinski definition) is 2. The first kappa shape index (κ1) is 15.5. The second-order valence-electron chi connectivity index (χ2n) is 5.32. The van der Waals surface area contributed by atoms with Crippen molar-refractivity contribution in [3.63, 3.8) is 0 Å². The molecule has 0 aliphatic heterocycles. The maximum Gasteiger partial charge on any atom is 0.240 e. The van der Waals surface area contributed by atoms with Gasteiger partial charge in [0.1, 0.15) is 5.75 Å². The molecule has 0 saturated heterocycles. The summed E-state index contributed by atoms with van der Waals surface area (Å²) in [5.74, 6) is 0.756. The van der Waals surface area contributed by atoms with Crippen molar-refractivity contribution in [2.24, 2.45) is 0 Å². The molecule has 1 atom stereocenters. The average molecular weight is 264 g/mol. The zero-order valence-electron chi connectivity index (χ0n) is 12.6. The van der Waals surface area contributed by atoms with Crippen molar-refractivity contribution in [2.45, 2.75) is 39.3 Å². The van der Waals surface area contributed by atoms with Crippen LogP contribution >= 0.6 is 0 Å². The maximum absolute atomic E-state index is 12.1. The van der Waals surface area contributed by atoms with Crippen LogP contribution in [0.5, 0.6) is 5.75 Å². The lowest BCUT2D eigenvalue weighted by Crippen LogP contribution is -2.51. The van der Waals surface area contributed by atoms with Crippen LogP contribution in [0, 0.1) is 6.92 Å². The highest BCUT2D eigenvalue weighted by Crippen LogP contribution is 2.26. The second kappa shape index (κ2) is 6.06. The lowest BCUT2D eigenvalue weighted by atomic mass is 10.0. The quantitative estimate of drug-likeness (QED) is 0.857. The molecule has 0 heterocycles. The molecule has 4 heteroatoms. The number of amides is 1. The smallest absolute Gasteiger partial charge is 0.240 e. The van der Waals surface area contributed by atoms with Crippen molar-refractivity contribution in [1.82, 2.24) is 10.6 Å². The van der Waals surface area contributed by atoms with Crippen LogP contribution in [-0.4, -0.2) is 25.6 Å². The number of nitrogens with one attached hydrogen (secondary N) is 2. The first-order chi connectivity index (χ1) is 8.81. The minimum absolute atomic E-state index is 0.0361. The molecule has 106 valence electrons. The van der Waals surface area contributed by atoms with E-state index in [0.29, 0.717) is 0 Å². The molecule has 0 aliphatic carbocycles. The van der Waals surface area contributed by atoms with Crippen molar-refractivity contribution >= 4 is 5.91 Å². The lowest BCUT2D eigenvalue weighted by Gasteiger charge is -2.26. The molecule has 2 N–H and O–H groups in total. The van der Waals surface area contributed by atoms with E-state index in [1.807, 2.05) is 45.9 Å². The third-order valence-electron chi connectivity index (χ3n) is 3.39. The lowest BCUT2D eigenvalue weighted by molar-refractivity contribution is -0.126. The summed E-state index contributed by atoms with van der Waals surface area (Å²) in [5, 5.41) is 6.00. The van der Waals surface area contributed by atoms with Gasteiger partial charge in [0.2, 0.25) is 5.91 Å². The van der Waals surface area contributed by atoms with Crippen LogP contribution in [0.15, 0.2) is 18.2 Å². The number of benzene rings is 1. The SMILES string of the molecule is CNC(C)(C)C(=O)NC(C)c1cc(C)ccc1OC. The molecule has 1 unspecified atom stereocenters. The fourth-order valence-corrected chi connectivity index (χ4v) is 1.76. The van der Waals surface area contributed by atoms with Gasteiger partial charge in [-0.05, 0) is 40.8 Å². The minimum Gasteiger partial charge on any atom is -0.496 e. The molecule has 1 aromatic carbocycles. The summed E-state index contributed by atoms with van der Waals surface area (Å²) < 4.78 is 5.35. The van der Waals surface area contributed by atoms with Gasteiger partial charge in [-0.3, -0.25) is 4.79 Å². The summed E-state index contributed by atoms with van der Waals surface area (Å²) in [6.07, 6.45) is 0. The van der Waals surface area contributed by atoms with Crippen LogP contribution in [0.4, 0.5) is 0 Å². The van der Waals surface area contributed by atoms with Gasteiger partial charge in [0, 0.05) is 5.56 Å². The number of carbonyl (C=O) groups is 1. The van der Waals surface area contributed by atoms with E-state index in [2.05, 4.69) is 10.6 Å². The average Bonchev–Trinajstić information content (AvgIpc) is 2.38. The number of ether oxygens (including phenoxy) is 1. The molecular formula is C15H24N2O2. The molecule has 0 radical (unpaired) electrons. The van der Waals surface area contributed by atoms with Crippen molar-refractivity contribution < 1.29 is 9.53 Å². The Labute approximate surface area is 115 Å². The Bertz CT molecular complexity index is 455. The van der Waals surface area contributed by atoms with E-state index in [1.54, 1.807) is 14.2 Å². The standard InChI is InChI=1S/C15H24N2O2/c1-10-7-8-13(19-6)12(9-10)11(2)17-14(18)15(3,4)16-5/h7-9,11,16H,1-6H3,(H,17,18). The molecule has 0 spiro atoms. The molecule has 4 nitrogen and oxygen atoms in total. The molecule has 1 rings (SSSR count). The summed E-state index contributed by atoms with van der Waals surface area (Å²) in [5.41, 5.74) is 1.54. The summed E-state index contributed by atoms with van der Waals surface area (Å²) in [6, 6.07) is 5.86. The molecule has 0 aliphatic rings. The Morgan fingerprint density at radius 2 is 2.00 bits per heavy atom. The van der Waals surface area contributed by atoms with E-state index in [-0.39, 0.29) is 11.9 Å². The first-order valence-corrected chi connectivity index (χ1v) is 6.46. The Kier molecular flexibility index (Phi) is 4.95. The number of carbonyl (C=O) groups excluding carboxylic acids is 1. The molecule has 1 aromatic rings. The summed E-state index contributed by atoms with van der Waals surface area (Å²) in [6.45, 7) is 7.68. The van der Waals surface area contributed by atoms with E-state index >= 15 is 0 Å². The van der Waals surface area contributed by atoms with Crippen LogP contribution < -0.4 is 15.4 Å². The summed E-state index contributed by atoms with van der Waals surface area (Å²) in [7, 11) is 3.41. The largest absolute Gasteiger partial charge is 0.496 e. The molecule has 0 bridgehead atoms. The van der Waals surface area contributed by atoms with Gasteiger partial charge >= 0.3 is 0 Å². The maximum atomic E-state index is 12.1. The first-order valence-electron chi connectivity index (χ1n) is 6.46. The fourth-order valence-electron chi connectivity index (χ4n) is 1.76. The molecule has 1 amide bonds. The molecule has 0 saturated carbocycles. The highest BCUT2D eigenvalue weighted by molar-refractivity contribution is 5.85. The Balaban J connectivity index is 2.92. The van der Waals surface area contributed by atoms with Gasteiger partial charge in [0.15, 0.2) is 0 Å². The van der Waals surface area contributed by atoms with Crippen molar-refractivity contribution in [3.05, 3.63) is 29.3 Å². The summed E-state index contributed by atoms with van der Waals surface area (Å²) >= 11 is 0. The monoisotopic (exact) mass is 264 g/mol. The van der Waals surface area contributed by atoms with Crippen LogP contribution in [0.25, 0.3) is 0 Å². The second-order valence-corrected chi connectivity index (χ2v) is 5.32. The van der Waals surface area contributed by atoms with Gasteiger partial charge in [-0.1, -0.05) is 17.7 Å². The molecule has 0 fully saturated rings. The van der Waals surface area contributed by atoms with Gasteiger partial charge in [-0.2, -0.15) is 0 Å². The highest BCUT2D eigenvalue weighted by Gasteiger charge is 2.27. The zero-order valence-corrected chi connectivity index (χ0v) is 12.6. The van der Waals surface area contributed by atoms with Gasteiger partial charge < -0.3 is 15.4 Å². The van der Waals surface area contributed by atoms with E-state index < -0.39 is 5.54 Å². The summed E-state index contributed by atoms with van der Waals surface area (Å²) in [4.78, 5) is 12.1. The topological polar surface area (TPSA) is 50.4 Å². The fraction of sp³-hybridized carbons (Fsp3) is 0.533. The van der Waals surface area contributed by atoms with E-state index in [1.165, 1.54) is 0 Å². The number of likely N-dealkylation sites (N-methyl/N-ethyl adjacent to an activating group) is 1. The van der Waals surface area contributed by atoms with Crippen LogP contribution in [0.2, 0.25) is 0 Å². The third-order valence-corrected chi connectivity index (χ3v) is 3.39. The van der Waals surface area contributed by atoms with Crippen LogP contribution in [-0.2, 0) is 4.79 Å². The van der Waals surface area contributed by atoms with E-state index in [0.717, 1.165) is 16.9 Å². The predicted octanol–water partition coefficient (Wildman–Crippen LogP) is 2.18. The highest BCUT2D eigenvalue weighted by atomic mass is 16.5. The Morgan fingerprint density at radius 1 is 1.37 bits per heavy atom. The molecular weight excluding hydrogens is 240 g/mol. The predicted molar refractivity (Wildman–Crippen MR) is 77.4 cm³/mol. The normalized spacial score (nSPS) is 12.9. The Morgan fingerprint density at radius 3 is 2.53 bits per heavy atom. The van der Waals surface area contributed by atoms with Crippen molar-refractivity contribution in [3.8, 4) is 5.75 Å². The van der Waals surface area contributed by atoms with Crippen molar-refractivity contribution in [1.29, 1.82) is 0 Å². The van der Waals surface area contributed by atoms with Crippen LogP contribution in [0.3, 0.4) is 0 Å². The third kappa shape index (κ3) is 3.70. The van der Waals surface area contributed by atoms with Gasteiger partial charge in [-0.15, -0.1) is 0 Å². The molecule has 19 heavy (non-hydrogen) atoms. The van der Waals surface area contributed by atoms with Gasteiger partial charge in [-0.25, -0.2) is 0 Å². The minimum atomic E-state index is -0.592. The van der Waals surface area contributed by atoms with Gasteiger partial charge in [0.25, 0.3) is 0 Å². The van der Waals surface area contributed by atoms with Gasteiger partial charge in [0.05, 0.1) is 18.7 Å². The number of methoxy groups -OCH3 is 1. The van der Waals surface area contributed by atoms with Crippen molar-refractivity contribution in [2.75, 3.05) is 14.2 Å². The zero-order chi connectivity index (χ0) is 14.6. The van der Waals surface area contributed by atoms with E-state index in [9.17, 15) is 4.79 Å². The number of hydrogen-bond acceptors (Lipinski definition) is 3. The number of rotatable bonds is 5. The Hall–Kier alpha value is -1.55. The van der Waals surface area contributed by atoms with E-state index in [4.69, 9.17) is 4.74 Å². The number of aryl methyl sites for hydroxylation is 1. The molecule has 0 aromatic heterocycles.